The van der Waals surface area contributed by atoms with Gasteiger partial charge in [0.25, 0.3) is 0 Å². The van der Waals surface area contributed by atoms with E-state index in [0.29, 0.717) is 6.54 Å². The van der Waals surface area contributed by atoms with Gasteiger partial charge in [-0.05, 0) is 33.6 Å². The molecule has 2 aromatic rings. The van der Waals surface area contributed by atoms with E-state index in [1.807, 2.05) is 18.2 Å². The minimum Gasteiger partial charge on any atom is -0.496 e. The van der Waals surface area contributed by atoms with E-state index >= 15 is 0 Å². The van der Waals surface area contributed by atoms with Gasteiger partial charge in [-0.3, -0.25) is 0 Å². The van der Waals surface area contributed by atoms with Gasteiger partial charge >= 0.3 is 0 Å². The quantitative estimate of drug-likeness (QED) is 0.929. The fraction of sp³-hybridized carbons (Fsp3) is 0.200. The fourth-order valence-electron chi connectivity index (χ4n) is 1.28. The fourth-order valence-corrected chi connectivity index (χ4v) is 1.87. The van der Waals surface area contributed by atoms with E-state index in [9.17, 15) is 0 Å². The van der Waals surface area contributed by atoms with Gasteiger partial charge in [-0.15, -0.1) is 10.2 Å². The SMILES string of the molecule is COc1ccc(CNn2cnnc2)cc1Br. The highest BCUT2D eigenvalue weighted by atomic mass is 79.9. The van der Waals surface area contributed by atoms with Crippen molar-refractivity contribution in [2.24, 2.45) is 0 Å². The maximum atomic E-state index is 5.16. The third-order valence-electron chi connectivity index (χ3n) is 2.10. The molecule has 6 heteroatoms. The maximum Gasteiger partial charge on any atom is 0.138 e. The predicted octanol–water partition coefficient (Wildman–Crippen LogP) is 1.79. The molecule has 1 heterocycles. The van der Waals surface area contributed by atoms with Gasteiger partial charge in [0.2, 0.25) is 0 Å². The van der Waals surface area contributed by atoms with Crippen LogP contribution in [0.15, 0.2) is 35.3 Å². The zero-order valence-corrected chi connectivity index (χ0v) is 10.3. The van der Waals surface area contributed by atoms with Crippen molar-refractivity contribution in [3.8, 4) is 5.75 Å². The predicted molar refractivity (Wildman–Crippen MR) is 63.8 cm³/mol. The normalized spacial score (nSPS) is 10.1. The number of methoxy groups -OCH3 is 1. The monoisotopic (exact) mass is 282 g/mol. The van der Waals surface area contributed by atoms with Crippen LogP contribution in [-0.2, 0) is 6.54 Å². The van der Waals surface area contributed by atoms with Crippen LogP contribution in [0, 0.1) is 0 Å². The standard InChI is InChI=1S/C10H11BrN4O/c1-16-10-3-2-8(4-9(10)11)5-14-15-6-12-13-7-15/h2-4,6-7,14H,5H2,1H3. The first-order valence-electron chi connectivity index (χ1n) is 4.70. The topological polar surface area (TPSA) is 52.0 Å². The van der Waals surface area contributed by atoms with Crippen molar-refractivity contribution >= 4 is 15.9 Å². The first-order chi connectivity index (χ1) is 7.79. The van der Waals surface area contributed by atoms with Crippen molar-refractivity contribution in [3.05, 3.63) is 40.9 Å². The zero-order valence-electron chi connectivity index (χ0n) is 8.72. The summed E-state index contributed by atoms with van der Waals surface area (Å²) < 4.78 is 7.81. The molecule has 5 nitrogen and oxygen atoms in total. The first-order valence-corrected chi connectivity index (χ1v) is 5.50. The molecule has 1 N–H and O–H groups in total. The lowest BCUT2D eigenvalue weighted by Gasteiger charge is -2.08. The molecule has 1 aromatic carbocycles. The summed E-state index contributed by atoms with van der Waals surface area (Å²) in [4.78, 5) is 0. The van der Waals surface area contributed by atoms with E-state index in [2.05, 4.69) is 31.6 Å². The van der Waals surface area contributed by atoms with Crippen LogP contribution in [0.2, 0.25) is 0 Å². The number of rotatable bonds is 4. The van der Waals surface area contributed by atoms with Gasteiger partial charge in [0.15, 0.2) is 0 Å². The number of hydrogen-bond acceptors (Lipinski definition) is 4. The molecule has 0 bridgehead atoms. The van der Waals surface area contributed by atoms with Crippen LogP contribution in [0.3, 0.4) is 0 Å². The number of aromatic nitrogens is 3. The number of halogens is 1. The minimum atomic E-state index is 0.695. The van der Waals surface area contributed by atoms with Gasteiger partial charge in [-0.1, -0.05) is 6.07 Å². The summed E-state index contributed by atoms with van der Waals surface area (Å²) in [6.07, 6.45) is 3.22. The number of hydrogen-bond donors (Lipinski definition) is 1. The maximum absolute atomic E-state index is 5.16. The number of ether oxygens (including phenoxy) is 1. The molecule has 0 aliphatic heterocycles. The molecule has 2 rings (SSSR count). The van der Waals surface area contributed by atoms with E-state index in [4.69, 9.17) is 4.74 Å². The smallest absolute Gasteiger partial charge is 0.138 e. The second-order valence-electron chi connectivity index (χ2n) is 3.17. The van der Waals surface area contributed by atoms with Crippen molar-refractivity contribution in [1.29, 1.82) is 0 Å². The number of benzene rings is 1. The molecule has 84 valence electrons. The molecule has 0 saturated carbocycles. The molecule has 0 radical (unpaired) electrons. The Labute approximate surface area is 102 Å². The van der Waals surface area contributed by atoms with Crippen LogP contribution >= 0.6 is 15.9 Å². The van der Waals surface area contributed by atoms with Crippen LogP contribution in [0.25, 0.3) is 0 Å². The Morgan fingerprint density at radius 1 is 1.38 bits per heavy atom. The highest BCUT2D eigenvalue weighted by Gasteiger charge is 2.01. The molecule has 0 amide bonds. The summed E-state index contributed by atoms with van der Waals surface area (Å²) in [6, 6.07) is 5.93. The Morgan fingerprint density at radius 3 is 2.75 bits per heavy atom. The van der Waals surface area contributed by atoms with Crippen LogP contribution < -0.4 is 10.2 Å². The molecule has 0 aliphatic carbocycles. The Balaban J connectivity index is 2.02. The van der Waals surface area contributed by atoms with Gasteiger partial charge < -0.3 is 10.2 Å². The van der Waals surface area contributed by atoms with E-state index in [1.54, 1.807) is 24.4 Å². The summed E-state index contributed by atoms with van der Waals surface area (Å²) in [5.74, 6) is 0.827. The molecule has 0 atom stereocenters. The number of nitrogens with zero attached hydrogens (tertiary/aromatic N) is 3. The Bertz CT molecular complexity index is 458. The molecule has 0 unspecified atom stereocenters. The van der Waals surface area contributed by atoms with Gasteiger partial charge in [0.1, 0.15) is 18.4 Å². The van der Waals surface area contributed by atoms with E-state index in [1.165, 1.54) is 0 Å². The average molecular weight is 283 g/mol. The highest BCUT2D eigenvalue weighted by Crippen LogP contribution is 2.25. The van der Waals surface area contributed by atoms with Gasteiger partial charge in [-0.25, -0.2) is 4.68 Å². The molecule has 0 saturated heterocycles. The second-order valence-corrected chi connectivity index (χ2v) is 4.03. The molecule has 1 aromatic heterocycles. The largest absolute Gasteiger partial charge is 0.496 e. The summed E-state index contributed by atoms with van der Waals surface area (Å²) in [7, 11) is 1.65. The summed E-state index contributed by atoms with van der Waals surface area (Å²) in [5, 5.41) is 7.40. The summed E-state index contributed by atoms with van der Waals surface area (Å²) >= 11 is 3.44. The number of nitrogens with one attached hydrogen (secondary N) is 1. The van der Waals surface area contributed by atoms with E-state index in [-0.39, 0.29) is 0 Å². The van der Waals surface area contributed by atoms with Crippen molar-refractivity contribution in [2.45, 2.75) is 6.54 Å². The van der Waals surface area contributed by atoms with Crippen molar-refractivity contribution < 1.29 is 4.74 Å². The van der Waals surface area contributed by atoms with E-state index in [0.717, 1.165) is 15.8 Å². The molecule has 16 heavy (non-hydrogen) atoms. The third kappa shape index (κ3) is 2.52. The second kappa shape index (κ2) is 4.98. The lowest BCUT2D eigenvalue weighted by Crippen LogP contribution is -2.12. The minimum absolute atomic E-state index is 0.695. The van der Waals surface area contributed by atoms with Crippen LogP contribution in [0.5, 0.6) is 5.75 Å². The van der Waals surface area contributed by atoms with Crippen molar-refractivity contribution in [3.63, 3.8) is 0 Å². The lowest BCUT2D eigenvalue weighted by atomic mass is 10.2. The summed E-state index contributed by atoms with van der Waals surface area (Å²) in [5.41, 5.74) is 4.28. The van der Waals surface area contributed by atoms with Crippen molar-refractivity contribution in [2.75, 3.05) is 12.5 Å². The molecular formula is C10H11BrN4O. The van der Waals surface area contributed by atoms with Gasteiger partial charge in [-0.2, -0.15) is 0 Å². The summed E-state index contributed by atoms with van der Waals surface area (Å²) in [6.45, 7) is 0.695. The van der Waals surface area contributed by atoms with Gasteiger partial charge in [0, 0.05) is 0 Å². The Hall–Kier alpha value is -1.56. The van der Waals surface area contributed by atoms with Crippen LogP contribution in [0.4, 0.5) is 0 Å². The lowest BCUT2D eigenvalue weighted by molar-refractivity contribution is 0.412. The molecule has 0 spiro atoms. The van der Waals surface area contributed by atoms with Crippen molar-refractivity contribution in [1.82, 2.24) is 14.9 Å². The van der Waals surface area contributed by atoms with Gasteiger partial charge in [0.05, 0.1) is 18.1 Å². The first kappa shape index (κ1) is 10.9. The van der Waals surface area contributed by atoms with Crippen LogP contribution in [0.1, 0.15) is 5.56 Å². The zero-order chi connectivity index (χ0) is 11.4. The Kier molecular flexibility index (Phi) is 3.40. The molecular weight excluding hydrogens is 272 g/mol. The average Bonchev–Trinajstić information content (AvgIpc) is 2.79. The molecule has 0 aliphatic rings. The van der Waals surface area contributed by atoms with E-state index < -0.39 is 0 Å². The molecule has 0 fully saturated rings. The highest BCUT2D eigenvalue weighted by molar-refractivity contribution is 9.10. The third-order valence-corrected chi connectivity index (χ3v) is 2.72. The Morgan fingerprint density at radius 2 is 2.12 bits per heavy atom. The van der Waals surface area contributed by atoms with Crippen LogP contribution in [-0.4, -0.2) is 22.0 Å².